The third-order valence-corrected chi connectivity index (χ3v) is 6.81. The van der Waals surface area contributed by atoms with Crippen LogP contribution in [0.1, 0.15) is 59.4 Å². The fourth-order valence-corrected chi connectivity index (χ4v) is 3.98. The summed E-state index contributed by atoms with van der Waals surface area (Å²) in [6.07, 6.45) is 1.92. The molecule has 1 aromatic rings. The minimum Gasteiger partial charge on any atom is -0.493 e. The molecule has 0 aliphatic rings. The summed E-state index contributed by atoms with van der Waals surface area (Å²) in [5, 5.41) is 10.7. The van der Waals surface area contributed by atoms with Gasteiger partial charge in [0.25, 0.3) is 0 Å². The highest BCUT2D eigenvalue weighted by molar-refractivity contribution is 6.21. The Bertz CT molecular complexity index is 744. The molecule has 0 saturated carbocycles. The van der Waals surface area contributed by atoms with Crippen molar-refractivity contribution in [3.05, 3.63) is 23.8 Å². The Balaban J connectivity index is 2.82. The van der Waals surface area contributed by atoms with E-state index in [0.717, 1.165) is 22.8 Å². The zero-order chi connectivity index (χ0) is 25.9. The van der Waals surface area contributed by atoms with Gasteiger partial charge in [-0.05, 0) is 48.8 Å². The van der Waals surface area contributed by atoms with Gasteiger partial charge in [-0.1, -0.05) is 40.7 Å². The van der Waals surface area contributed by atoms with E-state index in [1.165, 1.54) is 0 Å². The predicted molar refractivity (Wildman–Crippen MR) is 137 cm³/mol. The van der Waals surface area contributed by atoms with Crippen molar-refractivity contribution < 1.29 is 24.1 Å². The number of nitrogens with two attached hydrogens (primary N) is 1. The summed E-state index contributed by atoms with van der Waals surface area (Å²) in [6.45, 7) is 11.1. The van der Waals surface area contributed by atoms with Gasteiger partial charge in [-0.15, -0.1) is 0 Å². The number of carbonyl (C=O) groups is 1. The number of hydrogen-bond donors (Lipinski definition) is 2. The Labute approximate surface area is 211 Å². The van der Waals surface area contributed by atoms with Crippen molar-refractivity contribution in [2.75, 3.05) is 34.0 Å². The van der Waals surface area contributed by atoms with Gasteiger partial charge in [0.1, 0.15) is 0 Å². The maximum atomic E-state index is 12.5. The lowest BCUT2D eigenvalue weighted by atomic mass is 9.83. The minimum atomic E-state index is -0.911. The van der Waals surface area contributed by atoms with E-state index in [0.29, 0.717) is 43.5 Å². The molecular weight excluding hydrogens is 456 g/mol. The molecule has 0 bridgehead atoms. The predicted octanol–water partition coefficient (Wildman–Crippen LogP) is 4.42. The Morgan fingerprint density at radius 3 is 2.44 bits per heavy atom. The number of aliphatic hydroxyl groups is 1. The van der Waals surface area contributed by atoms with Crippen LogP contribution in [0.2, 0.25) is 0 Å². The first-order valence-corrected chi connectivity index (χ1v) is 12.5. The van der Waals surface area contributed by atoms with Gasteiger partial charge >= 0.3 is 0 Å². The standard InChI is InChI=1S/C26H45ClN2O5/c1-8-26(4,5)25(31)29(27)17-22(30)21(28)16-20(18(2)3)14-19-10-11-23(33-7)24(15-19)34-13-9-12-32-6/h10-11,15,18,20-22,30H,8-9,12-14,16-17,28H2,1-7H3/t20-,21-,22-/m0/s1. The molecule has 0 aliphatic heterocycles. The molecule has 0 aromatic heterocycles. The van der Waals surface area contributed by atoms with Crippen LogP contribution >= 0.6 is 11.8 Å². The van der Waals surface area contributed by atoms with Crippen molar-refractivity contribution in [3.8, 4) is 11.5 Å². The van der Waals surface area contributed by atoms with Crippen LogP contribution < -0.4 is 15.2 Å². The molecule has 0 fully saturated rings. The second kappa shape index (κ2) is 14.8. The molecule has 0 heterocycles. The first-order valence-electron chi connectivity index (χ1n) is 12.2. The van der Waals surface area contributed by atoms with Gasteiger partial charge in [0.2, 0.25) is 5.91 Å². The van der Waals surface area contributed by atoms with Crippen LogP contribution in [0, 0.1) is 17.3 Å². The second-order valence-corrected chi connectivity index (χ2v) is 10.4. The normalized spacial score (nSPS) is 14.6. The molecule has 0 unspecified atom stereocenters. The number of rotatable bonds is 16. The van der Waals surface area contributed by atoms with Crippen LogP contribution in [0.15, 0.2) is 18.2 Å². The molecule has 7 nitrogen and oxygen atoms in total. The minimum absolute atomic E-state index is 0.00218. The highest BCUT2D eigenvalue weighted by Gasteiger charge is 2.32. The summed E-state index contributed by atoms with van der Waals surface area (Å²) >= 11 is 6.20. The van der Waals surface area contributed by atoms with E-state index in [1.54, 1.807) is 14.2 Å². The van der Waals surface area contributed by atoms with E-state index in [9.17, 15) is 9.90 Å². The van der Waals surface area contributed by atoms with Crippen LogP contribution in [0.3, 0.4) is 0 Å². The first-order chi connectivity index (χ1) is 16.0. The van der Waals surface area contributed by atoms with Gasteiger partial charge in [-0.3, -0.25) is 9.21 Å². The number of carbonyl (C=O) groups excluding carboxylic acids is 1. The van der Waals surface area contributed by atoms with Crippen molar-refractivity contribution in [2.24, 2.45) is 23.0 Å². The SMILES string of the molecule is CCC(C)(C)C(=O)N(Cl)C[C@H](O)[C@@H](N)C[C@H](Cc1ccc(OC)c(OCCCOC)c1)C(C)C. The lowest BCUT2D eigenvalue weighted by Crippen LogP contribution is -2.46. The number of amides is 1. The van der Waals surface area contributed by atoms with Crippen molar-refractivity contribution in [1.82, 2.24) is 4.42 Å². The summed E-state index contributed by atoms with van der Waals surface area (Å²) < 4.78 is 17.5. The Hall–Kier alpha value is -1.54. The molecule has 3 atom stereocenters. The molecule has 1 aromatic carbocycles. The number of ether oxygens (including phenoxy) is 3. The topological polar surface area (TPSA) is 94.3 Å². The molecule has 1 amide bonds. The van der Waals surface area contributed by atoms with E-state index >= 15 is 0 Å². The molecule has 8 heteroatoms. The molecule has 0 aliphatic carbocycles. The first kappa shape index (κ1) is 30.5. The third-order valence-electron chi connectivity index (χ3n) is 6.52. The Morgan fingerprint density at radius 2 is 1.88 bits per heavy atom. The van der Waals surface area contributed by atoms with E-state index < -0.39 is 17.6 Å². The van der Waals surface area contributed by atoms with Gasteiger partial charge in [-0.2, -0.15) is 0 Å². The van der Waals surface area contributed by atoms with Crippen molar-refractivity contribution >= 4 is 17.7 Å². The second-order valence-electron chi connectivity index (χ2n) is 9.94. The monoisotopic (exact) mass is 500 g/mol. The highest BCUT2D eigenvalue weighted by atomic mass is 35.5. The van der Waals surface area contributed by atoms with Crippen LogP contribution in [0.25, 0.3) is 0 Å². The van der Waals surface area contributed by atoms with Crippen LogP contribution in [0.4, 0.5) is 0 Å². The summed E-state index contributed by atoms with van der Waals surface area (Å²) in [4.78, 5) is 12.5. The number of aliphatic hydroxyl groups excluding tert-OH is 1. The Morgan fingerprint density at radius 1 is 1.21 bits per heavy atom. The van der Waals surface area contributed by atoms with Crippen LogP contribution in [0.5, 0.6) is 11.5 Å². The lowest BCUT2D eigenvalue weighted by molar-refractivity contribution is -0.136. The summed E-state index contributed by atoms with van der Waals surface area (Å²) in [6, 6.07) is 5.45. The van der Waals surface area contributed by atoms with Crippen molar-refractivity contribution in [1.29, 1.82) is 0 Å². The Kier molecular flexibility index (Phi) is 13.2. The molecule has 3 N–H and O–H groups in total. The maximum Gasteiger partial charge on any atom is 0.242 e. The third kappa shape index (κ3) is 9.61. The van der Waals surface area contributed by atoms with E-state index in [1.807, 2.05) is 39.0 Å². The molecule has 196 valence electrons. The van der Waals surface area contributed by atoms with Crippen molar-refractivity contribution in [2.45, 2.75) is 72.4 Å². The summed E-state index contributed by atoms with van der Waals surface area (Å²) in [7, 11) is 3.30. The van der Waals surface area contributed by atoms with Gasteiger partial charge < -0.3 is 25.1 Å². The smallest absolute Gasteiger partial charge is 0.242 e. The maximum absolute atomic E-state index is 12.5. The van der Waals surface area contributed by atoms with Gasteiger partial charge in [0, 0.05) is 43.4 Å². The number of halogens is 1. The largest absolute Gasteiger partial charge is 0.493 e. The van der Waals surface area contributed by atoms with E-state index in [-0.39, 0.29) is 18.4 Å². The molecule has 1 rings (SSSR count). The number of hydrogen-bond acceptors (Lipinski definition) is 6. The zero-order valence-electron chi connectivity index (χ0n) is 22.0. The molecule has 0 spiro atoms. The molecule has 0 radical (unpaired) electrons. The van der Waals surface area contributed by atoms with Gasteiger partial charge in [0.15, 0.2) is 11.5 Å². The molecular formula is C26H45ClN2O5. The van der Waals surface area contributed by atoms with Crippen LogP contribution in [-0.4, -0.2) is 61.6 Å². The number of nitrogens with zero attached hydrogens (tertiary/aromatic N) is 1. The fraction of sp³-hybridized carbons (Fsp3) is 0.731. The van der Waals surface area contributed by atoms with Crippen molar-refractivity contribution in [3.63, 3.8) is 0 Å². The zero-order valence-corrected chi connectivity index (χ0v) is 22.7. The molecule has 34 heavy (non-hydrogen) atoms. The quantitative estimate of drug-likeness (QED) is 0.258. The van der Waals surface area contributed by atoms with E-state index in [4.69, 9.17) is 31.7 Å². The fourth-order valence-electron chi connectivity index (χ4n) is 3.61. The van der Waals surface area contributed by atoms with Gasteiger partial charge in [0.05, 0.1) is 26.4 Å². The number of methoxy groups -OCH3 is 2. The van der Waals surface area contributed by atoms with Gasteiger partial charge in [-0.25, -0.2) is 0 Å². The van der Waals surface area contributed by atoms with Crippen LogP contribution in [-0.2, 0) is 16.0 Å². The highest BCUT2D eigenvalue weighted by Crippen LogP contribution is 2.31. The lowest BCUT2D eigenvalue weighted by Gasteiger charge is -2.31. The number of benzene rings is 1. The molecule has 0 saturated heterocycles. The average Bonchev–Trinajstić information content (AvgIpc) is 2.80. The van der Waals surface area contributed by atoms with E-state index in [2.05, 4.69) is 13.8 Å². The average molecular weight is 501 g/mol. The summed E-state index contributed by atoms with van der Waals surface area (Å²) in [5.41, 5.74) is 6.90. The summed E-state index contributed by atoms with van der Waals surface area (Å²) in [5.74, 6) is 1.76.